The Morgan fingerprint density at radius 2 is 2.00 bits per heavy atom. The topological polar surface area (TPSA) is 99.6 Å². The Kier molecular flexibility index (Phi) is 4.46. The summed E-state index contributed by atoms with van der Waals surface area (Å²) in [6.07, 6.45) is 2.93. The molecule has 1 aromatic heterocycles. The molecule has 24 heavy (non-hydrogen) atoms. The molecule has 0 bridgehead atoms. The molecule has 0 radical (unpaired) electrons. The third-order valence-corrected chi connectivity index (χ3v) is 4.63. The summed E-state index contributed by atoms with van der Waals surface area (Å²) in [6, 6.07) is 1.33. The quantitative estimate of drug-likeness (QED) is 0.801. The maximum absolute atomic E-state index is 14.4. The highest BCUT2D eigenvalue weighted by atomic mass is 19.1. The summed E-state index contributed by atoms with van der Waals surface area (Å²) >= 11 is 0. The molecule has 2 N–H and O–H groups in total. The maximum atomic E-state index is 14.4. The minimum Gasteiger partial charge on any atom is -0.481 e. The fourth-order valence-corrected chi connectivity index (χ4v) is 3.21. The van der Waals surface area contributed by atoms with Crippen molar-refractivity contribution >= 4 is 23.5 Å². The lowest BCUT2D eigenvalue weighted by Crippen LogP contribution is -2.40. The van der Waals surface area contributed by atoms with E-state index in [1.54, 1.807) is 0 Å². The molecule has 0 aromatic carbocycles. The van der Waals surface area contributed by atoms with Crippen molar-refractivity contribution in [3.63, 3.8) is 0 Å². The zero-order chi connectivity index (χ0) is 17.3. The Balaban J connectivity index is 1.72. The number of nitrogens with one attached hydrogen (secondary N) is 1. The van der Waals surface area contributed by atoms with Crippen molar-refractivity contribution in [1.82, 2.24) is 10.3 Å². The zero-order valence-electron chi connectivity index (χ0n) is 13.0. The van der Waals surface area contributed by atoms with Gasteiger partial charge >= 0.3 is 5.97 Å². The van der Waals surface area contributed by atoms with Crippen LogP contribution in [0.3, 0.4) is 0 Å². The van der Waals surface area contributed by atoms with Crippen LogP contribution in [-0.2, 0) is 14.4 Å². The van der Waals surface area contributed by atoms with Crippen LogP contribution in [0.15, 0.2) is 12.3 Å². The molecular weight excluding hydrogens is 317 g/mol. The number of hydrogen-bond acceptors (Lipinski definition) is 5. The number of amides is 2. The van der Waals surface area contributed by atoms with Crippen LogP contribution in [0.5, 0.6) is 0 Å². The highest BCUT2D eigenvalue weighted by Gasteiger charge is 2.32. The van der Waals surface area contributed by atoms with E-state index in [2.05, 4.69) is 10.3 Å². The molecule has 3 rings (SSSR count). The predicted molar refractivity (Wildman–Crippen MR) is 81.9 cm³/mol. The van der Waals surface area contributed by atoms with Crippen LogP contribution in [0.2, 0.25) is 0 Å². The Morgan fingerprint density at radius 3 is 2.58 bits per heavy atom. The van der Waals surface area contributed by atoms with Gasteiger partial charge in [-0.3, -0.25) is 24.7 Å². The molecule has 2 aliphatic heterocycles. The Morgan fingerprint density at radius 1 is 1.29 bits per heavy atom. The summed E-state index contributed by atoms with van der Waals surface area (Å²) in [6.45, 7) is 1.05. The SMILES string of the molecule is O=C1CCC(c2ncc(N3CCC(C(=O)O)CC3)cc2F)C(=O)N1. The van der Waals surface area contributed by atoms with Gasteiger partial charge in [-0.25, -0.2) is 4.39 Å². The molecule has 7 nitrogen and oxygen atoms in total. The average molecular weight is 335 g/mol. The number of imide groups is 1. The largest absolute Gasteiger partial charge is 0.481 e. The molecule has 128 valence electrons. The van der Waals surface area contributed by atoms with Crippen molar-refractivity contribution in [2.24, 2.45) is 5.92 Å². The lowest BCUT2D eigenvalue weighted by molar-refractivity contribution is -0.142. The number of aromatic nitrogens is 1. The van der Waals surface area contributed by atoms with Crippen molar-refractivity contribution < 1.29 is 23.9 Å². The highest BCUT2D eigenvalue weighted by molar-refractivity contribution is 6.00. The van der Waals surface area contributed by atoms with E-state index in [1.807, 2.05) is 4.90 Å². The molecule has 1 aromatic rings. The molecule has 1 atom stereocenters. The monoisotopic (exact) mass is 335 g/mol. The van der Waals surface area contributed by atoms with Crippen molar-refractivity contribution in [2.75, 3.05) is 18.0 Å². The lowest BCUT2D eigenvalue weighted by atomic mass is 9.93. The van der Waals surface area contributed by atoms with Crippen molar-refractivity contribution in [2.45, 2.75) is 31.6 Å². The second kappa shape index (κ2) is 6.54. The van der Waals surface area contributed by atoms with Gasteiger partial charge in [-0.05, 0) is 19.3 Å². The first-order valence-corrected chi connectivity index (χ1v) is 7.92. The van der Waals surface area contributed by atoms with Gasteiger partial charge < -0.3 is 10.0 Å². The van der Waals surface area contributed by atoms with E-state index in [1.165, 1.54) is 12.3 Å². The molecule has 0 spiro atoms. The van der Waals surface area contributed by atoms with E-state index in [9.17, 15) is 18.8 Å². The first-order valence-electron chi connectivity index (χ1n) is 7.92. The third kappa shape index (κ3) is 3.22. The molecule has 0 aliphatic carbocycles. The fourth-order valence-electron chi connectivity index (χ4n) is 3.21. The van der Waals surface area contributed by atoms with Gasteiger partial charge in [0, 0.05) is 25.6 Å². The number of carbonyl (C=O) groups is 3. The van der Waals surface area contributed by atoms with E-state index < -0.39 is 23.6 Å². The van der Waals surface area contributed by atoms with Gasteiger partial charge in [0.05, 0.1) is 29.4 Å². The molecule has 2 amide bonds. The van der Waals surface area contributed by atoms with E-state index >= 15 is 0 Å². The van der Waals surface area contributed by atoms with Crippen LogP contribution in [0.1, 0.15) is 37.3 Å². The summed E-state index contributed by atoms with van der Waals surface area (Å²) < 4.78 is 14.4. The summed E-state index contributed by atoms with van der Waals surface area (Å²) in [4.78, 5) is 40.0. The Hall–Kier alpha value is -2.51. The molecule has 0 saturated carbocycles. The van der Waals surface area contributed by atoms with E-state index in [-0.39, 0.29) is 30.4 Å². The van der Waals surface area contributed by atoms with Crippen molar-refractivity contribution in [3.8, 4) is 0 Å². The number of halogens is 1. The first kappa shape index (κ1) is 16.4. The average Bonchev–Trinajstić information content (AvgIpc) is 2.55. The molecule has 3 heterocycles. The van der Waals surface area contributed by atoms with Crippen LogP contribution in [-0.4, -0.2) is 41.0 Å². The number of hydrogen-bond donors (Lipinski definition) is 2. The summed E-state index contributed by atoms with van der Waals surface area (Å²) in [5.41, 5.74) is 0.622. The lowest BCUT2D eigenvalue weighted by Gasteiger charge is -2.32. The van der Waals surface area contributed by atoms with Crippen LogP contribution >= 0.6 is 0 Å². The second-order valence-electron chi connectivity index (χ2n) is 6.16. The van der Waals surface area contributed by atoms with Gasteiger partial charge in [0.25, 0.3) is 0 Å². The number of pyridine rings is 1. The number of nitrogens with zero attached hydrogens (tertiary/aromatic N) is 2. The third-order valence-electron chi connectivity index (χ3n) is 4.63. The molecule has 2 saturated heterocycles. The van der Waals surface area contributed by atoms with Crippen molar-refractivity contribution in [1.29, 1.82) is 0 Å². The van der Waals surface area contributed by atoms with Gasteiger partial charge in [0.2, 0.25) is 11.8 Å². The number of anilines is 1. The fraction of sp³-hybridized carbons (Fsp3) is 0.500. The number of aliphatic carboxylic acids is 1. The minimum atomic E-state index is -0.799. The first-order chi connectivity index (χ1) is 11.5. The van der Waals surface area contributed by atoms with Gasteiger partial charge in [-0.15, -0.1) is 0 Å². The van der Waals surface area contributed by atoms with Crippen LogP contribution < -0.4 is 10.2 Å². The number of piperidine rings is 2. The zero-order valence-corrected chi connectivity index (χ0v) is 13.0. The molecular formula is C16H18FN3O4. The standard InChI is InChI=1S/C16H18FN3O4/c17-12-7-10(20-5-3-9(4-6-20)16(23)24)8-18-14(12)11-1-2-13(21)19-15(11)22/h7-9,11H,1-6H2,(H,23,24)(H,19,21,22). The summed E-state index contributed by atoms with van der Waals surface area (Å²) in [5.74, 6) is -3.37. The summed E-state index contributed by atoms with van der Waals surface area (Å²) in [7, 11) is 0. The number of rotatable bonds is 3. The van der Waals surface area contributed by atoms with E-state index in [0.717, 1.165) is 0 Å². The molecule has 2 fully saturated rings. The van der Waals surface area contributed by atoms with Crippen LogP contribution in [0, 0.1) is 11.7 Å². The second-order valence-corrected chi connectivity index (χ2v) is 6.16. The van der Waals surface area contributed by atoms with Crippen LogP contribution in [0.4, 0.5) is 10.1 Å². The van der Waals surface area contributed by atoms with Crippen LogP contribution in [0.25, 0.3) is 0 Å². The smallest absolute Gasteiger partial charge is 0.306 e. The minimum absolute atomic E-state index is 0.0455. The number of carboxylic acids is 1. The van der Waals surface area contributed by atoms with E-state index in [4.69, 9.17) is 5.11 Å². The van der Waals surface area contributed by atoms with Crippen molar-refractivity contribution in [3.05, 3.63) is 23.8 Å². The normalized spacial score (nSPS) is 22.4. The van der Waals surface area contributed by atoms with Gasteiger partial charge in [-0.1, -0.05) is 0 Å². The molecule has 8 heteroatoms. The van der Waals surface area contributed by atoms with Gasteiger partial charge in [0.1, 0.15) is 5.82 Å². The number of carboxylic acid groups (broad SMARTS) is 1. The van der Waals surface area contributed by atoms with E-state index in [0.29, 0.717) is 31.6 Å². The maximum Gasteiger partial charge on any atom is 0.306 e. The Bertz CT molecular complexity index is 686. The summed E-state index contributed by atoms with van der Waals surface area (Å²) in [5, 5.41) is 11.2. The van der Waals surface area contributed by atoms with Gasteiger partial charge in [-0.2, -0.15) is 0 Å². The highest BCUT2D eigenvalue weighted by Crippen LogP contribution is 2.29. The molecule has 2 aliphatic rings. The predicted octanol–water partition coefficient (Wildman–Crippen LogP) is 1.04. The van der Waals surface area contributed by atoms with Gasteiger partial charge in [0.15, 0.2) is 0 Å². The molecule has 1 unspecified atom stereocenters. The number of carbonyl (C=O) groups excluding carboxylic acids is 2. The Labute approximate surface area is 137 Å².